The fraction of sp³-hybridized carbons (Fsp3) is 0.172. The Hall–Kier alpha value is -4.72. The Balaban J connectivity index is 1.25. The Morgan fingerprint density at radius 3 is 2.81 bits per heavy atom. The van der Waals surface area contributed by atoms with Crippen LogP contribution in [0, 0.1) is 12.8 Å². The van der Waals surface area contributed by atoms with E-state index in [9.17, 15) is 9.59 Å². The van der Waals surface area contributed by atoms with Gasteiger partial charge in [0.15, 0.2) is 0 Å². The van der Waals surface area contributed by atoms with Crippen LogP contribution in [0.3, 0.4) is 0 Å². The quantitative estimate of drug-likeness (QED) is 0.381. The molecule has 8 heteroatoms. The maximum absolute atomic E-state index is 13.0. The minimum absolute atomic E-state index is 0.184. The summed E-state index contributed by atoms with van der Waals surface area (Å²) in [7, 11) is 0. The van der Waals surface area contributed by atoms with Crippen molar-refractivity contribution < 1.29 is 14.3 Å². The molecule has 2 amide bonds. The summed E-state index contributed by atoms with van der Waals surface area (Å²) in [5.41, 5.74) is 3.69. The number of nitrogens with one attached hydrogen (secondary N) is 2. The highest BCUT2D eigenvalue weighted by Crippen LogP contribution is 2.28. The number of hydrogen-bond acceptors (Lipinski definition) is 5. The normalized spacial score (nSPS) is 14.8. The molecule has 0 fully saturated rings. The number of ether oxygens (including phenoxy) is 1. The lowest BCUT2D eigenvalue weighted by Crippen LogP contribution is -2.24. The van der Waals surface area contributed by atoms with Crippen molar-refractivity contribution >= 4 is 28.9 Å². The first-order valence-corrected chi connectivity index (χ1v) is 12.1. The lowest BCUT2D eigenvalue weighted by molar-refractivity contribution is -0.110. The van der Waals surface area contributed by atoms with E-state index in [1.54, 1.807) is 42.6 Å². The second kappa shape index (κ2) is 10.5. The smallest absolute Gasteiger partial charge is 0.274 e. The Bertz CT molecular complexity index is 1540. The van der Waals surface area contributed by atoms with Crippen LogP contribution < -0.4 is 15.4 Å². The van der Waals surface area contributed by atoms with Gasteiger partial charge in [-0.05, 0) is 66.9 Å². The molecule has 3 aromatic heterocycles. The van der Waals surface area contributed by atoms with Gasteiger partial charge in [-0.25, -0.2) is 4.98 Å². The molecule has 37 heavy (non-hydrogen) atoms. The average Bonchev–Trinajstić information content (AvgIpc) is 3.37. The van der Waals surface area contributed by atoms with Crippen molar-refractivity contribution in [2.24, 2.45) is 10.9 Å². The van der Waals surface area contributed by atoms with Crippen molar-refractivity contribution in [3.8, 4) is 11.5 Å². The molecule has 0 radical (unpaired) electrons. The molecule has 1 aromatic carbocycles. The van der Waals surface area contributed by atoms with Gasteiger partial charge in [-0.1, -0.05) is 19.1 Å². The van der Waals surface area contributed by atoms with Gasteiger partial charge in [0.05, 0.1) is 0 Å². The first kappa shape index (κ1) is 24.0. The van der Waals surface area contributed by atoms with E-state index in [-0.39, 0.29) is 11.8 Å². The minimum Gasteiger partial charge on any atom is -0.457 e. The lowest BCUT2D eigenvalue weighted by atomic mass is 10.1. The Labute approximate surface area is 214 Å². The van der Waals surface area contributed by atoms with Gasteiger partial charge in [0.25, 0.3) is 11.8 Å². The van der Waals surface area contributed by atoms with Gasteiger partial charge in [-0.3, -0.25) is 14.6 Å². The van der Waals surface area contributed by atoms with Crippen LogP contribution in [-0.2, 0) is 11.3 Å². The summed E-state index contributed by atoms with van der Waals surface area (Å²) in [6, 6.07) is 16.7. The van der Waals surface area contributed by atoms with Gasteiger partial charge in [-0.15, -0.1) is 0 Å². The van der Waals surface area contributed by atoms with Crippen molar-refractivity contribution in [1.29, 1.82) is 0 Å². The maximum Gasteiger partial charge on any atom is 0.274 e. The summed E-state index contributed by atoms with van der Waals surface area (Å²) in [6.07, 6.45) is 9.20. The molecule has 1 atom stereocenters. The van der Waals surface area contributed by atoms with Crippen LogP contribution in [0.4, 0.5) is 5.82 Å². The summed E-state index contributed by atoms with van der Waals surface area (Å²) in [5.74, 6) is 1.20. The van der Waals surface area contributed by atoms with Crippen molar-refractivity contribution in [2.45, 2.75) is 20.4 Å². The molecule has 0 saturated carbocycles. The predicted octanol–water partition coefficient (Wildman–Crippen LogP) is 4.95. The molecule has 1 aliphatic rings. The molecular weight excluding hydrogens is 466 g/mol. The molecule has 186 valence electrons. The third-order valence-corrected chi connectivity index (χ3v) is 6.14. The van der Waals surface area contributed by atoms with E-state index in [1.165, 1.54) is 0 Å². The number of aliphatic imine (C=N–C) groups is 1. The number of hydrogen-bond donors (Lipinski definition) is 2. The van der Waals surface area contributed by atoms with Gasteiger partial charge in [0.2, 0.25) is 0 Å². The van der Waals surface area contributed by atoms with Crippen molar-refractivity contribution in [3.63, 3.8) is 0 Å². The Morgan fingerprint density at radius 1 is 1.08 bits per heavy atom. The molecule has 4 heterocycles. The number of fused-ring (bicyclic) bond motifs is 1. The highest BCUT2D eigenvalue weighted by molar-refractivity contribution is 6.47. The molecule has 1 unspecified atom stereocenters. The lowest BCUT2D eigenvalue weighted by Gasteiger charge is -2.14. The number of amides is 2. The van der Waals surface area contributed by atoms with Crippen molar-refractivity contribution in [3.05, 3.63) is 102 Å². The van der Waals surface area contributed by atoms with Gasteiger partial charge < -0.3 is 19.8 Å². The third kappa shape index (κ3) is 5.59. The summed E-state index contributed by atoms with van der Waals surface area (Å²) in [4.78, 5) is 34.0. The van der Waals surface area contributed by atoms with Crippen LogP contribution in [0.15, 0.2) is 90.3 Å². The molecule has 0 aliphatic carbocycles. The minimum atomic E-state index is -0.321. The summed E-state index contributed by atoms with van der Waals surface area (Å²) < 4.78 is 8.09. The first-order valence-electron chi connectivity index (χ1n) is 12.1. The zero-order chi connectivity index (χ0) is 25.8. The molecule has 5 rings (SSSR count). The van der Waals surface area contributed by atoms with Crippen LogP contribution in [0.25, 0.3) is 5.52 Å². The number of pyridine rings is 2. The summed E-state index contributed by atoms with van der Waals surface area (Å²) in [5, 5.41) is 5.75. The zero-order valence-corrected chi connectivity index (χ0v) is 20.6. The number of anilines is 1. The van der Waals surface area contributed by atoms with E-state index in [2.05, 4.69) is 20.6 Å². The van der Waals surface area contributed by atoms with E-state index in [1.807, 2.05) is 61.0 Å². The second-order valence-electron chi connectivity index (χ2n) is 8.98. The molecule has 0 saturated heterocycles. The van der Waals surface area contributed by atoms with E-state index < -0.39 is 0 Å². The standard InChI is InChI=1S/C29H27N5O3/c1-19-8-9-25(31-17-19)29(36)33-27-16-23(10-12-30-27)37-26-7-3-6-24(20(26)2)28(35)32-18-21-11-14-34-13-4-5-22(34)15-21/h3-16,19H,17-18H2,1-2H3,(H,32,35)(H,30,33,36). The predicted molar refractivity (Wildman–Crippen MR) is 143 cm³/mol. The highest BCUT2D eigenvalue weighted by atomic mass is 16.5. The number of carbonyl (C=O) groups excluding carboxylic acids is 2. The van der Waals surface area contributed by atoms with Crippen LogP contribution >= 0.6 is 0 Å². The van der Waals surface area contributed by atoms with Gasteiger partial charge in [-0.2, -0.15) is 0 Å². The van der Waals surface area contributed by atoms with Gasteiger partial charge in [0.1, 0.15) is 23.0 Å². The highest BCUT2D eigenvalue weighted by Gasteiger charge is 2.16. The fourth-order valence-electron chi connectivity index (χ4n) is 4.05. The maximum atomic E-state index is 13.0. The van der Waals surface area contributed by atoms with Crippen molar-refractivity contribution in [1.82, 2.24) is 14.7 Å². The molecule has 0 bridgehead atoms. The van der Waals surface area contributed by atoms with E-state index in [4.69, 9.17) is 4.74 Å². The van der Waals surface area contributed by atoms with Crippen LogP contribution in [-0.4, -0.2) is 33.5 Å². The molecule has 2 N–H and O–H groups in total. The topological polar surface area (TPSA) is 97.1 Å². The third-order valence-electron chi connectivity index (χ3n) is 6.14. The fourth-order valence-corrected chi connectivity index (χ4v) is 4.05. The van der Waals surface area contributed by atoms with Crippen molar-refractivity contribution in [2.75, 3.05) is 11.9 Å². The van der Waals surface area contributed by atoms with E-state index in [0.29, 0.717) is 53.2 Å². The van der Waals surface area contributed by atoms with Crippen LogP contribution in [0.5, 0.6) is 11.5 Å². The van der Waals surface area contributed by atoms with E-state index >= 15 is 0 Å². The number of benzene rings is 1. The zero-order valence-electron chi connectivity index (χ0n) is 20.6. The van der Waals surface area contributed by atoms with Crippen LogP contribution in [0.2, 0.25) is 0 Å². The number of dihydropyridines is 1. The Kier molecular flexibility index (Phi) is 6.81. The van der Waals surface area contributed by atoms with E-state index in [0.717, 1.165) is 11.1 Å². The van der Waals surface area contributed by atoms with Gasteiger partial charge >= 0.3 is 0 Å². The second-order valence-corrected chi connectivity index (χ2v) is 8.98. The monoisotopic (exact) mass is 493 g/mol. The molecule has 8 nitrogen and oxygen atoms in total. The van der Waals surface area contributed by atoms with Gasteiger partial charge in [0, 0.05) is 54.4 Å². The largest absolute Gasteiger partial charge is 0.457 e. The number of nitrogens with zero attached hydrogens (tertiary/aromatic N) is 3. The first-order chi connectivity index (χ1) is 18.0. The average molecular weight is 494 g/mol. The molecular formula is C29H27N5O3. The Morgan fingerprint density at radius 2 is 1.97 bits per heavy atom. The molecule has 4 aromatic rings. The molecule has 1 aliphatic heterocycles. The SMILES string of the molecule is Cc1c(Oc2ccnc(NC(=O)C3=NCC(C)C=C3)c2)cccc1C(=O)NCc1ccn2cccc2c1. The number of rotatable bonds is 7. The summed E-state index contributed by atoms with van der Waals surface area (Å²) >= 11 is 0. The molecule has 0 spiro atoms. The van der Waals surface area contributed by atoms with Crippen LogP contribution in [0.1, 0.15) is 28.4 Å². The number of aromatic nitrogens is 2. The number of carbonyl (C=O) groups is 2. The summed E-state index contributed by atoms with van der Waals surface area (Å²) in [6.45, 7) is 4.89.